The largest absolute Gasteiger partial charge is 0.465 e. The molecule has 1 fully saturated rings. The smallest absolute Gasteiger partial charge is 0.408 e. The number of pyridine rings is 1. The van der Waals surface area contributed by atoms with E-state index in [1.807, 2.05) is 25.7 Å². The Bertz CT molecular complexity index is 567. The van der Waals surface area contributed by atoms with Crippen molar-refractivity contribution in [3.05, 3.63) is 28.4 Å². The van der Waals surface area contributed by atoms with E-state index >= 15 is 0 Å². The number of carbonyl (C=O) groups is 1. The molecular weight excluding hydrogens is 288 g/mol. The minimum Gasteiger partial charge on any atom is -0.465 e. The van der Waals surface area contributed by atoms with Crippen LogP contribution in [-0.2, 0) is 0 Å². The number of rotatable bonds is 3. The van der Waals surface area contributed by atoms with Gasteiger partial charge in [-0.15, -0.1) is 0 Å². The average Bonchev–Trinajstić information content (AvgIpc) is 2.85. The van der Waals surface area contributed by atoms with E-state index in [0.717, 1.165) is 12.1 Å². The van der Waals surface area contributed by atoms with Crippen LogP contribution >= 0.6 is 0 Å². The van der Waals surface area contributed by atoms with Gasteiger partial charge in [0.15, 0.2) is 6.20 Å². The van der Waals surface area contributed by atoms with Crippen LogP contribution in [0.4, 0.5) is 16.3 Å². The van der Waals surface area contributed by atoms with E-state index in [2.05, 4.69) is 4.98 Å². The molecule has 0 spiro atoms. The van der Waals surface area contributed by atoms with Gasteiger partial charge < -0.3 is 20.1 Å². The topological polar surface area (TPSA) is 99.8 Å². The van der Waals surface area contributed by atoms with Gasteiger partial charge in [0, 0.05) is 24.7 Å². The fourth-order valence-corrected chi connectivity index (χ4v) is 2.85. The molecule has 1 aliphatic heterocycles. The van der Waals surface area contributed by atoms with E-state index in [1.54, 1.807) is 6.07 Å². The fraction of sp³-hybridized carbons (Fsp3) is 0.571. The van der Waals surface area contributed by atoms with Crippen molar-refractivity contribution in [1.82, 2.24) is 9.88 Å². The van der Waals surface area contributed by atoms with Crippen LogP contribution < -0.4 is 4.90 Å². The second-order valence-corrected chi connectivity index (χ2v) is 6.34. The third-order valence-electron chi connectivity index (χ3n) is 3.74. The number of carboxylic acid groups (broad SMARTS) is 1. The Kier molecular flexibility index (Phi) is 4.20. The molecule has 1 aliphatic rings. The lowest BCUT2D eigenvalue weighted by Crippen LogP contribution is -2.52. The van der Waals surface area contributed by atoms with E-state index in [0.29, 0.717) is 13.1 Å². The summed E-state index contributed by atoms with van der Waals surface area (Å²) in [4.78, 5) is 28.9. The van der Waals surface area contributed by atoms with Gasteiger partial charge in [0.2, 0.25) is 0 Å². The maximum absolute atomic E-state index is 11.5. The molecule has 2 heterocycles. The predicted octanol–water partition coefficient (Wildman–Crippen LogP) is 2.35. The van der Waals surface area contributed by atoms with Crippen molar-refractivity contribution in [3.8, 4) is 0 Å². The molecule has 8 nitrogen and oxygen atoms in total. The number of anilines is 1. The molecule has 0 radical (unpaired) electrons. The zero-order chi connectivity index (χ0) is 16.5. The van der Waals surface area contributed by atoms with Gasteiger partial charge in [-0.3, -0.25) is 4.90 Å². The first-order valence-electron chi connectivity index (χ1n) is 7.08. The summed E-state index contributed by atoms with van der Waals surface area (Å²) in [6.07, 6.45) is 1.25. The summed E-state index contributed by atoms with van der Waals surface area (Å²) in [6, 6.07) is 2.91. The lowest BCUT2D eigenvalue weighted by molar-refractivity contribution is -0.389. The Morgan fingerprint density at radius 3 is 2.64 bits per heavy atom. The number of hydrogen-bond donors (Lipinski definition) is 1. The van der Waals surface area contributed by atoms with Crippen LogP contribution in [0.25, 0.3) is 0 Å². The van der Waals surface area contributed by atoms with Crippen molar-refractivity contribution in [3.63, 3.8) is 0 Å². The molecule has 1 N–H and O–H groups in total. The molecule has 2 rings (SSSR count). The summed E-state index contributed by atoms with van der Waals surface area (Å²) < 4.78 is 0. The van der Waals surface area contributed by atoms with Crippen LogP contribution in [0.5, 0.6) is 0 Å². The standard InChI is InChI=1S/C14H20N4O4/c1-14(2,3)17(13(19)20)11-6-7-16(9-11)10-4-5-12(15-8-10)18(21)22/h4-5,8,11H,6-7,9H2,1-3H3,(H,19,20). The molecule has 8 heteroatoms. The van der Waals surface area contributed by atoms with Crippen molar-refractivity contribution in [1.29, 1.82) is 0 Å². The molecule has 1 amide bonds. The Morgan fingerprint density at radius 1 is 1.50 bits per heavy atom. The normalized spacial score (nSPS) is 18.3. The molecule has 0 aromatic carbocycles. The Hall–Kier alpha value is -2.38. The predicted molar refractivity (Wildman–Crippen MR) is 81.1 cm³/mol. The van der Waals surface area contributed by atoms with E-state index in [1.165, 1.54) is 17.2 Å². The van der Waals surface area contributed by atoms with Gasteiger partial charge in [0.25, 0.3) is 0 Å². The van der Waals surface area contributed by atoms with Gasteiger partial charge in [-0.1, -0.05) is 0 Å². The first-order chi connectivity index (χ1) is 10.2. The van der Waals surface area contributed by atoms with Gasteiger partial charge >= 0.3 is 11.9 Å². The minimum atomic E-state index is -0.929. The fourth-order valence-electron chi connectivity index (χ4n) is 2.85. The minimum absolute atomic E-state index is 0.104. The van der Waals surface area contributed by atoms with Crippen molar-refractivity contribution in [2.45, 2.75) is 38.8 Å². The van der Waals surface area contributed by atoms with Gasteiger partial charge in [-0.05, 0) is 43.2 Å². The van der Waals surface area contributed by atoms with E-state index in [9.17, 15) is 20.0 Å². The highest BCUT2D eigenvalue weighted by Gasteiger charge is 2.37. The maximum Gasteiger partial charge on any atom is 0.408 e. The van der Waals surface area contributed by atoms with E-state index in [-0.39, 0.29) is 11.9 Å². The molecule has 0 saturated carbocycles. The Balaban J connectivity index is 2.12. The third-order valence-corrected chi connectivity index (χ3v) is 3.74. The van der Waals surface area contributed by atoms with Crippen LogP contribution in [0.3, 0.4) is 0 Å². The second kappa shape index (κ2) is 5.78. The number of hydrogen-bond acceptors (Lipinski definition) is 5. The quantitative estimate of drug-likeness (QED) is 0.679. The van der Waals surface area contributed by atoms with Crippen LogP contribution in [0.1, 0.15) is 27.2 Å². The molecule has 1 saturated heterocycles. The third kappa shape index (κ3) is 3.26. The van der Waals surface area contributed by atoms with Crippen molar-refractivity contribution in [2.24, 2.45) is 0 Å². The zero-order valence-corrected chi connectivity index (χ0v) is 12.9. The molecule has 120 valence electrons. The van der Waals surface area contributed by atoms with Gasteiger partial charge in [0.05, 0.1) is 11.7 Å². The molecule has 0 bridgehead atoms. The number of amides is 1. The van der Waals surface area contributed by atoms with Gasteiger partial charge in [-0.25, -0.2) is 4.79 Å². The van der Waals surface area contributed by atoms with E-state index < -0.39 is 16.6 Å². The lowest BCUT2D eigenvalue weighted by Gasteiger charge is -2.37. The molecule has 0 aliphatic carbocycles. The zero-order valence-electron chi connectivity index (χ0n) is 12.9. The second-order valence-electron chi connectivity index (χ2n) is 6.34. The van der Waals surface area contributed by atoms with Crippen LogP contribution in [0.15, 0.2) is 18.3 Å². The van der Waals surface area contributed by atoms with Gasteiger partial charge in [0.1, 0.15) is 0 Å². The number of aromatic nitrogens is 1. The summed E-state index contributed by atoms with van der Waals surface area (Å²) >= 11 is 0. The lowest BCUT2D eigenvalue weighted by atomic mass is 10.0. The van der Waals surface area contributed by atoms with E-state index in [4.69, 9.17) is 0 Å². The summed E-state index contributed by atoms with van der Waals surface area (Å²) in [5.74, 6) is -0.193. The summed E-state index contributed by atoms with van der Waals surface area (Å²) in [5.41, 5.74) is 0.299. The molecule has 1 unspecified atom stereocenters. The van der Waals surface area contributed by atoms with Crippen molar-refractivity contribution >= 4 is 17.6 Å². The Labute approximate surface area is 128 Å². The SMILES string of the molecule is CC(C)(C)N(C(=O)O)C1CCN(c2ccc([N+](=O)[O-])nc2)C1. The molecule has 22 heavy (non-hydrogen) atoms. The first-order valence-corrected chi connectivity index (χ1v) is 7.08. The van der Waals surface area contributed by atoms with Crippen molar-refractivity contribution < 1.29 is 14.8 Å². The average molecular weight is 308 g/mol. The number of nitrogens with zero attached hydrogens (tertiary/aromatic N) is 4. The van der Waals surface area contributed by atoms with Crippen LogP contribution in [0.2, 0.25) is 0 Å². The molecule has 1 atom stereocenters. The highest BCUT2D eigenvalue weighted by atomic mass is 16.6. The summed E-state index contributed by atoms with van der Waals surface area (Å²) in [5, 5.41) is 20.1. The van der Waals surface area contributed by atoms with Crippen molar-refractivity contribution in [2.75, 3.05) is 18.0 Å². The monoisotopic (exact) mass is 308 g/mol. The summed E-state index contributed by atoms with van der Waals surface area (Å²) in [7, 11) is 0. The maximum atomic E-state index is 11.5. The first kappa shape index (κ1) is 16.0. The van der Waals surface area contributed by atoms with Crippen LogP contribution in [-0.4, -0.2) is 50.7 Å². The Morgan fingerprint density at radius 2 is 2.18 bits per heavy atom. The number of nitro groups is 1. The molecule has 1 aromatic heterocycles. The van der Waals surface area contributed by atoms with Crippen LogP contribution in [0, 0.1) is 10.1 Å². The molecule has 1 aromatic rings. The molecular formula is C14H20N4O4. The highest BCUT2D eigenvalue weighted by molar-refractivity contribution is 5.67. The highest BCUT2D eigenvalue weighted by Crippen LogP contribution is 2.27. The summed E-state index contributed by atoms with van der Waals surface area (Å²) in [6.45, 7) is 6.87. The van der Waals surface area contributed by atoms with Gasteiger partial charge in [-0.2, -0.15) is 0 Å².